The van der Waals surface area contributed by atoms with Gasteiger partial charge in [0, 0.05) is 6.54 Å². The standard InChI is InChI=1S/C20H23F3N2O3S/c1-13-8-9-14(2)18(10-13)25(29(4,27)28)15(3)19(26)24-12-16-6-5-7-17(11-16)20(21,22)23/h5-11,15H,12H2,1-4H3,(H,24,26). The number of rotatable bonds is 6. The van der Waals surface area contributed by atoms with Crippen molar-refractivity contribution in [2.24, 2.45) is 0 Å². The minimum absolute atomic E-state index is 0.155. The second-order valence-corrected chi connectivity index (χ2v) is 8.80. The molecule has 0 fully saturated rings. The molecule has 0 spiro atoms. The number of amides is 1. The Morgan fingerprint density at radius 1 is 1.14 bits per heavy atom. The lowest BCUT2D eigenvalue weighted by atomic mass is 10.1. The molecule has 0 aliphatic rings. The number of nitrogens with zero attached hydrogens (tertiary/aromatic N) is 1. The predicted molar refractivity (Wildman–Crippen MR) is 106 cm³/mol. The fourth-order valence-corrected chi connectivity index (χ4v) is 4.16. The highest BCUT2D eigenvalue weighted by Gasteiger charge is 2.31. The molecule has 158 valence electrons. The van der Waals surface area contributed by atoms with Crippen molar-refractivity contribution in [1.82, 2.24) is 5.32 Å². The van der Waals surface area contributed by atoms with Gasteiger partial charge < -0.3 is 5.32 Å². The first-order valence-electron chi connectivity index (χ1n) is 8.81. The van der Waals surface area contributed by atoms with Crippen molar-refractivity contribution in [2.45, 2.75) is 39.5 Å². The third-order valence-corrected chi connectivity index (χ3v) is 5.64. The second kappa shape index (κ2) is 8.44. The van der Waals surface area contributed by atoms with Crippen molar-refractivity contribution >= 4 is 21.6 Å². The fraction of sp³-hybridized carbons (Fsp3) is 0.350. The number of halogens is 3. The molecule has 2 aromatic rings. The largest absolute Gasteiger partial charge is 0.416 e. The maximum atomic E-state index is 12.8. The van der Waals surface area contributed by atoms with Gasteiger partial charge in [-0.2, -0.15) is 13.2 Å². The molecule has 9 heteroatoms. The quantitative estimate of drug-likeness (QED) is 0.761. The summed E-state index contributed by atoms with van der Waals surface area (Å²) in [4.78, 5) is 12.6. The minimum atomic E-state index is -4.48. The number of hydrogen-bond acceptors (Lipinski definition) is 3. The number of anilines is 1. The molecule has 29 heavy (non-hydrogen) atoms. The molecular formula is C20H23F3N2O3S. The molecule has 2 aromatic carbocycles. The first-order valence-corrected chi connectivity index (χ1v) is 10.7. The van der Waals surface area contributed by atoms with Gasteiger partial charge in [-0.05, 0) is 55.7 Å². The summed E-state index contributed by atoms with van der Waals surface area (Å²) < 4.78 is 64.3. The summed E-state index contributed by atoms with van der Waals surface area (Å²) in [5.41, 5.74) is 1.34. The van der Waals surface area contributed by atoms with Gasteiger partial charge in [0.15, 0.2) is 0 Å². The molecule has 0 radical (unpaired) electrons. The van der Waals surface area contributed by atoms with Gasteiger partial charge in [0.05, 0.1) is 17.5 Å². The van der Waals surface area contributed by atoms with E-state index in [-0.39, 0.29) is 12.1 Å². The summed E-state index contributed by atoms with van der Waals surface area (Å²) in [6.07, 6.45) is -3.48. The van der Waals surface area contributed by atoms with Gasteiger partial charge in [-0.15, -0.1) is 0 Å². The molecule has 0 saturated carbocycles. The molecule has 1 N–H and O–H groups in total. The predicted octanol–water partition coefficient (Wildman–Crippen LogP) is 3.79. The summed E-state index contributed by atoms with van der Waals surface area (Å²) in [5, 5.41) is 2.52. The Balaban J connectivity index is 2.24. The van der Waals surface area contributed by atoms with Gasteiger partial charge in [0.1, 0.15) is 6.04 Å². The van der Waals surface area contributed by atoms with E-state index >= 15 is 0 Å². The highest BCUT2D eigenvalue weighted by Crippen LogP contribution is 2.29. The van der Waals surface area contributed by atoms with E-state index in [2.05, 4.69) is 5.32 Å². The van der Waals surface area contributed by atoms with E-state index in [0.717, 1.165) is 28.3 Å². The maximum Gasteiger partial charge on any atom is 0.416 e. The number of hydrogen-bond donors (Lipinski definition) is 1. The van der Waals surface area contributed by atoms with Crippen molar-refractivity contribution < 1.29 is 26.4 Å². The highest BCUT2D eigenvalue weighted by atomic mass is 32.2. The first kappa shape index (κ1) is 22.7. The molecule has 0 saturated heterocycles. The Labute approximate surface area is 168 Å². The van der Waals surface area contributed by atoms with Crippen LogP contribution in [0.1, 0.15) is 29.2 Å². The van der Waals surface area contributed by atoms with Gasteiger partial charge in [-0.1, -0.05) is 24.3 Å². The van der Waals surface area contributed by atoms with Crippen LogP contribution in [-0.2, 0) is 27.5 Å². The average Bonchev–Trinajstić information content (AvgIpc) is 2.61. The SMILES string of the molecule is Cc1ccc(C)c(N(C(C)C(=O)NCc2cccc(C(F)(F)F)c2)S(C)(=O)=O)c1. The average molecular weight is 428 g/mol. The Bertz CT molecular complexity index is 1000. The first-order chi connectivity index (χ1) is 13.3. The number of aryl methyl sites for hydroxylation is 2. The van der Waals surface area contributed by atoms with Crippen LogP contribution >= 0.6 is 0 Å². The Morgan fingerprint density at radius 3 is 2.38 bits per heavy atom. The molecular weight excluding hydrogens is 405 g/mol. The van der Waals surface area contributed by atoms with Gasteiger partial charge in [-0.3, -0.25) is 9.10 Å². The molecule has 5 nitrogen and oxygen atoms in total. The smallest absolute Gasteiger partial charge is 0.350 e. The zero-order chi connectivity index (χ0) is 22.0. The zero-order valence-electron chi connectivity index (χ0n) is 16.5. The number of carbonyl (C=O) groups is 1. The van der Waals surface area contributed by atoms with Crippen LogP contribution in [0.2, 0.25) is 0 Å². The molecule has 2 rings (SSSR count). The lowest BCUT2D eigenvalue weighted by molar-refractivity contribution is -0.137. The summed E-state index contributed by atoms with van der Waals surface area (Å²) in [5.74, 6) is -0.617. The van der Waals surface area contributed by atoms with Gasteiger partial charge in [0.2, 0.25) is 15.9 Å². The van der Waals surface area contributed by atoms with Crippen LogP contribution in [0.25, 0.3) is 0 Å². The third-order valence-electron chi connectivity index (χ3n) is 4.41. The van der Waals surface area contributed by atoms with Crippen molar-refractivity contribution in [3.8, 4) is 0 Å². The van der Waals surface area contributed by atoms with E-state index in [1.807, 2.05) is 13.0 Å². The molecule has 1 amide bonds. The molecule has 0 heterocycles. The Kier molecular flexibility index (Phi) is 6.62. The van der Waals surface area contributed by atoms with E-state index in [4.69, 9.17) is 0 Å². The second-order valence-electron chi connectivity index (χ2n) is 6.94. The van der Waals surface area contributed by atoms with E-state index in [1.165, 1.54) is 19.1 Å². The van der Waals surface area contributed by atoms with Crippen LogP contribution in [0.5, 0.6) is 0 Å². The van der Waals surface area contributed by atoms with E-state index in [1.54, 1.807) is 19.1 Å². The Morgan fingerprint density at radius 2 is 1.79 bits per heavy atom. The maximum absolute atomic E-state index is 12.8. The van der Waals surface area contributed by atoms with Crippen LogP contribution < -0.4 is 9.62 Å². The zero-order valence-corrected chi connectivity index (χ0v) is 17.4. The number of nitrogens with one attached hydrogen (secondary N) is 1. The third kappa shape index (κ3) is 5.72. The van der Waals surface area contributed by atoms with E-state index in [9.17, 15) is 26.4 Å². The minimum Gasteiger partial charge on any atom is -0.350 e. The fourth-order valence-electron chi connectivity index (χ4n) is 2.93. The monoisotopic (exact) mass is 428 g/mol. The van der Waals surface area contributed by atoms with Crippen LogP contribution in [0.4, 0.5) is 18.9 Å². The molecule has 1 atom stereocenters. The molecule has 0 aromatic heterocycles. The number of sulfonamides is 1. The number of alkyl halides is 3. The summed E-state index contributed by atoms with van der Waals surface area (Å²) in [6.45, 7) is 4.82. The topological polar surface area (TPSA) is 66.5 Å². The normalized spacial score (nSPS) is 13.1. The van der Waals surface area contributed by atoms with Crippen LogP contribution in [-0.4, -0.2) is 26.6 Å². The number of carbonyl (C=O) groups excluding carboxylic acids is 1. The Hall–Kier alpha value is -2.55. The molecule has 0 bridgehead atoms. The van der Waals surface area contributed by atoms with Gasteiger partial charge in [-0.25, -0.2) is 8.42 Å². The van der Waals surface area contributed by atoms with Crippen LogP contribution in [0.15, 0.2) is 42.5 Å². The summed E-state index contributed by atoms with van der Waals surface area (Å²) >= 11 is 0. The van der Waals surface area contributed by atoms with Crippen LogP contribution in [0.3, 0.4) is 0 Å². The highest BCUT2D eigenvalue weighted by molar-refractivity contribution is 7.92. The molecule has 0 aliphatic heterocycles. The molecule has 0 aliphatic carbocycles. The molecule has 1 unspecified atom stereocenters. The van der Waals surface area contributed by atoms with Crippen molar-refractivity contribution in [3.63, 3.8) is 0 Å². The van der Waals surface area contributed by atoms with Crippen molar-refractivity contribution in [3.05, 3.63) is 64.7 Å². The lowest BCUT2D eigenvalue weighted by Crippen LogP contribution is -2.48. The van der Waals surface area contributed by atoms with Gasteiger partial charge >= 0.3 is 6.18 Å². The van der Waals surface area contributed by atoms with Crippen molar-refractivity contribution in [2.75, 3.05) is 10.6 Å². The van der Waals surface area contributed by atoms with Crippen molar-refractivity contribution in [1.29, 1.82) is 0 Å². The van der Waals surface area contributed by atoms with E-state index < -0.39 is 33.7 Å². The lowest BCUT2D eigenvalue weighted by Gasteiger charge is -2.29. The summed E-state index contributed by atoms with van der Waals surface area (Å²) in [6, 6.07) is 8.78. The summed E-state index contributed by atoms with van der Waals surface area (Å²) in [7, 11) is -3.79. The van der Waals surface area contributed by atoms with Crippen LogP contribution in [0, 0.1) is 13.8 Å². The number of benzene rings is 2. The van der Waals surface area contributed by atoms with E-state index in [0.29, 0.717) is 11.3 Å². The van der Waals surface area contributed by atoms with Gasteiger partial charge in [0.25, 0.3) is 0 Å².